The number of furan rings is 1. The molecule has 0 aliphatic carbocycles. The average Bonchev–Trinajstić information content (AvgIpc) is 4.04. The highest BCUT2D eigenvalue weighted by molar-refractivity contribution is 7.25. The van der Waals surface area contributed by atoms with E-state index in [1.54, 1.807) is 0 Å². The number of hydrogen-bond acceptors (Lipinski definition) is 5. The first-order valence-corrected chi connectivity index (χ1v) is 22.8. The second-order valence-electron chi connectivity index (χ2n) is 16.9. The largest absolute Gasteiger partial charge is 0.454 e. The molecule has 10 aromatic carbocycles. The van der Waals surface area contributed by atoms with Gasteiger partial charge in [-0.15, -0.1) is 11.3 Å². The van der Waals surface area contributed by atoms with E-state index in [9.17, 15) is 0 Å². The van der Waals surface area contributed by atoms with Crippen molar-refractivity contribution in [2.75, 3.05) is 0 Å². The number of hydrogen-bond donors (Lipinski definition) is 1. The Labute approximate surface area is 376 Å². The predicted octanol–water partition coefficient (Wildman–Crippen LogP) is 15.5. The van der Waals surface area contributed by atoms with Gasteiger partial charge in [0.15, 0.2) is 11.4 Å². The molecule has 0 saturated carbocycles. The van der Waals surface area contributed by atoms with Crippen LogP contribution in [-0.2, 0) is 0 Å². The fraction of sp³-hybridized carbons (Fsp3) is 0.0169. The molecule has 0 amide bonds. The summed E-state index contributed by atoms with van der Waals surface area (Å²) < 4.78 is 12.0. The van der Waals surface area contributed by atoms with Crippen molar-refractivity contribution in [3.05, 3.63) is 223 Å². The molecule has 1 atom stereocenters. The molecule has 0 fully saturated rings. The van der Waals surface area contributed by atoms with Crippen LogP contribution in [0.3, 0.4) is 0 Å². The molecular weight excluding hydrogens is 813 g/mol. The molecule has 13 aromatic rings. The Hall–Kier alpha value is -8.32. The maximum absolute atomic E-state index is 7.17. The number of benzene rings is 10. The summed E-state index contributed by atoms with van der Waals surface area (Å²) in [5.74, 6) is 1.43. The van der Waals surface area contributed by atoms with Crippen LogP contribution in [0.1, 0.15) is 22.9 Å². The highest BCUT2D eigenvalue weighted by atomic mass is 32.1. The van der Waals surface area contributed by atoms with E-state index in [1.807, 2.05) is 11.3 Å². The Kier molecular flexibility index (Phi) is 7.85. The standard InChI is InChI=1S/C59H36N4OS/c1-2-13-35(14-3-1)36-25-27-37(28-26-36)57-60-58(44-21-12-24-53-54(44)43-20-9-11-23-52(43)65-53)62-59(61-57)45-29-30-49(56-55(45)47-32-39-16-5-7-18-41(39)34-51(47)64-56)63-48-22-10-8-19-42(48)46-31-38-15-4-6-17-40(38)33-50(46)63/h1-34,57H,(H,60,61,62). The summed E-state index contributed by atoms with van der Waals surface area (Å²) in [7, 11) is 0. The first-order chi connectivity index (χ1) is 32.2. The third-order valence-corrected chi connectivity index (χ3v) is 14.4. The molecule has 14 rings (SSSR count). The summed E-state index contributed by atoms with van der Waals surface area (Å²) in [6.45, 7) is 0. The molecule has 1 aliphatic heterocycles. The van der Waals surface area contributed by atoms with E-state index >= 15 is 0 Å². The van der Waals surface area contributed by atoms with Crippen molar-refractivity contribution in [3.63, 3.8) is 0 Å². The minimum Gasteiger partial charge on any atom is -0.454 e. The smallest absolute Gasteiger partial charge is 0.160 e. The molecule has 1 unspecified atom stereocenters. The summed E-state index contributed by atoms with van der Waals surface area (Å²) in [5.41, 5.74) is 10.2. The summed E-state index contributed by atoms with van der Waals surface area (Å²) in [5, 5.41) is 15.4. The fourth-order valence-electron chi connectivity index (χ4n) is 10.2. The van der Waals surface area contributed by atoms with E-state index in [0.29, 0.717) is 5.84 Å². The van der Waals surface area contributed by atoms with Crippen LogP contribution in [-0.4, -0.2) is 16.2 Å². The van der Waals surface area contributed by atoms with E-state index in [0.717, 1.165) is 77.5 Å². The molecule has 0 bridgehead atoms. The first-order valence-electron chi connectivity index (χ1n) is 22.0. The van der Waals surface area contributed by atoms with Gasteiger partial charge in [-0.3, -0.25) is 0 Å². The normalized spacial score (nSPS) is 14.3. The van der Waals surface area contributed by atoms with Crippen LogP contribution in [0.4, 0.5) is 0 Å². The zero-order chi connectivity index (χ0) is 42.6. The summed E-state index contributed by atoms with van der Waals surface area (Å²) in [6, 6.07) is 73.8. The highest BCUT2D eigenvalue weighted by Gasteiger charge is 2.28. The molecule has 304 valence electrons. The van der Waals surface area contributed by atoms with Crippen molar-refractivity contribution in [1.82, 2.24) is 9.88 Å². The van der Waals surface area contributed by atoms with E-state index in [4.69, 9.17) is 14.4 Å². The number of fused-ring (bicyclic) bond motifs is 11. The summed E-state index contributed by atoms with van der Waals surface area (Å²) >= 11 is 1.81. The minimum atomic E-state index is -0.415. The molecule has 6 heteroatoms. The van der Waals surface area contributed by atoms with Crippen LogP contribution in [0.15, 0.2) is 221 Å². The van der Waals surface area contributed by atoms with Crippen molar-refractivity contribution in [3.8, 4) is 16.8 Å². The van der Waals surface area contributed by atoms with Crippen LogP contribution in [0.25, 0.3) is 102 Å². The molecule has 3 aromatic heterocycles. The second-order valence-corrected chi connectivity index (χ2v) is 18.0. The Morgan fingerprint density at radius 3 is 1.95 bits per heavy atom. The molecule has 65 heavy (non-hydrogen) atoms. The van der Waals surface area contributed by atoms with Crippen LogP contribution in [0, 0.1) is 0 Å². The zero-order valence-electron chi connectivity index (χ0n) is 34.9. The van der Waals surface area contributed by atoms with Gasteiger partial charge in [-0.2, -0.15) is 0 Å². The highest BCUT2D eigenvalue weighted by Crippen LogP contribution is 2.43. The number of amidine groups is 2. The lowest BCUT2D eigenvalue weighted by molar-refractivity contribution is 0.666. The predicted molar refractivity (Wildman–Crippen MR) is 273 cm³/mol. The van der Waals surface area contributed by atoms with Crippen molar-refractivity contribution in [1.29, 1.82) is 0 Å². The van der Waals surface area contributed by atoms with Crippen LogP contribution >= 0.6 is 11.3 Å². The SMILES string of the molecule is c1ccc(-c2ccc(C3N=C(c4cccc5sc6ccccc6c45)N=C(c4ccc(-n5c6ccccc6c6cc7ccccc7cc65)c5oc6cc7ccccc7cc6c45)N3)cc2)cc1. The lowest BCUT2D eigenvalue weighted by Gasteiger charge is -2.25. The van der Waals surface area contributed by atoms with Crippen molar-refractivity contribution >= 4 is 108 Å². The quantitative estimate of drug-likeness (QED) is 0.188. The van der Waals surface area contributed by atoms with Gasteiger partial charge in [0.05, 0.1) is 16.7 Å². The van der Waals surface area contributed by atoms with E-state index in [1.165, 1.54) is 47.3 Å². The van der Waals surface area contributed by atoms with Gasteiger partial charge in [-0.25, -0.2) is 9.98 Å². The topological polar surface area (TPSA) is 54.8 Å². The van der Waals surface area contributed by atoms with Gasteiger partial charge in [0.2, 0.25) is 0 Å². The summed E-state index contributed by atoms with van der Waals surface area (Å²) in [4.78, 5) is 11.0. The van der Waals surface area contributed by atoms with Crippen LogP contribution in [0.2, 0.25) is 0 Å². The number of aromatic nitrogens is 1. The maximum Gasteiger partial charge on any atom is 0.160 e. The van der Waals surface area contributed by atoms with E-state index in [-0.39, 0.29) is 0 Å². The van der Waals surface area contributed by atoms with Gasteiger partial charge in [0.1, 0.15) is 17.6 Å². The Balaban J connectivity index is 1.03. The number of nitrogens with one attached hydrogen (secondary N) is 1. The molecule has 0 spiro atoms. The van der Waals surface area contributed by atoms with Gasteiger partial charge in [-0.05, 0) is 92.8 Å². The van der Waals surface area contributed by atoms with Crippen molar-refractivity contribution in [2.24, 2.45) is 9.98 Å². The van der Waals surface area contributed by atoms with Crippen molar-refractivity contribution in [2.45, 2.75) is 6.17 Å². The number of nitrogens with zero attached hydrogens (tertiary/aromatic N) is 3. The fourth-order valence-corrected chi connectivity index (χ4v) is 11.3. The Bertz CT molecular complexity index is 4150. The molecule has 1 aliphatic rings. The molecule has 0 radical (unpaired) electrons. The van der Waals surface area contributed by atoms with Gasteiger partial charge >= 0.3 is 0 Å². The number of thiophene rings is 1. The lowest BCUT2D eigenvalue weighted by atomic mass is 9.99. The van der Waals surface area contributed by atoms with Gasteiger partial charge in [0.25, 0.3) is 0 Å². The average molecular weight is 849 g/mol. The number of rotatable bonds is 5. The third-order valence-electron chi connectivity index (χ3n) is 13.2. The van der Waals surface area contributed by atoms with Gasteiger partial charge < -0.3 is 14.3 Å². The Morgan fingerprint density at radius 1 is 0.477 bits per heavy atom. The van der Waals surface area contributed by atoms with Crippen LogP contribution in [0.5, 0.6) is 0 Å². The molecular formula is C59H36N4OS. The maximum atomic E-state index is 7.17. The molecule has 5 nitrogen and oxygen atoms in total. The molecule has 4 heterocycles. The van der Waals surface area contributed by atoms with Crippen LogP contribution < -0.4 is 5.32 Å². The van der Waals surface area contributed by atoms with Gasteiger partial charge in [-0.1, -0.05) is 152 Å². The van der Waals surface area contributed by atoms with E-state index < -0.39 is 6.17 Å². The van der Waals surface area contributed by atoms with E-state index in [2.05, 4.69) is 216 Å². The Morgan fingerprint density at radius 2 is 1.14 bits per heavy atom. The molecule has 1 N–H and O–H groups in total. The number of aliphatic imine (C=N–C) groups is 2. The second kappa shape index (κ2) is 14.1. The number of para-hydroxylation sites is 1. The first kappa shape index (κ1) is 36.2. The molecule has 0 saturated heterocycles. The monoisotopic (exact) mass is 848 g/mol. The van der Waals surface area contributed by atoms with Gasteiger partial charge in [0, 0.05) is 52.8 Å². The zero-order valence-corrected chi connectivity index (χ0v) is 35.7. The lowest BCUT2D eigenvalue weighted by Crippen LogP contribution is -2.33. The minimum absolute atomic E-state index is 0.415. The summed E-state index contributed by atoms with van der Waals surface area (Å²) in [6.07, 6.45) is -0.415. The third kappa shape index (κ3) is 5.64. The van der Waals surface area contributed by atoms with Crippen molar-refractivity contribution < 1.29 is 4.42 Å².